The van der Waals surface area contributed by atoms with E-state index in [1.54, 1.807) is 24.9 Å². The van der Waals surface area contributed by atoms with E-state index in [9.17, 15) is 14.0 Å². The SMILES string of the molecule is CCOC(=O)CCC(=O)CN(C)Cc1cccc(F)c1. The number of likely N-dealkylation sites (N-methyl/N-ethyl adjacent to an activating group) is 1. The molecule has 0 saturated carbocycles. The van der Waals surface area contributed by atoms with Crippen molar-refractivity contribution in [1.82, 2.24) is 4.90 Å². The second kappa shape index (κ2) is 8.43. The molecule has 0 amide bonds. The van der Waals surface area contributed by atoms with Gasteiger partial charge in [0.15, 0.2) is 0 Å². The normalized spacial score (nSPS) is 10.6. The van der Waals surface area contributed by atoms with Crippen LogP contribution in [0.15, 0.2) is 24.3 Å². The van der Waals surface area contributed by atoms with E-state index < -0.39 is 0 Å². The summed E-state index contributed by atoms with van der Waals surface area (Å²) in [7, 11) is 1.78. The number of hydrogen-bond acceptors (Lipinski definition) is 4. The predicted molar refractivity (Wildman–Crippen MR) is 73.6 cm³/mol. The van der Waals surface area contributed by atoms with Gasteiger partial charge in [0.1, 0.15) is 11.6 Å². The summed E-state index contributed by atoms with van der Waals surface area (Å²) in [5, 5.41) is 0. The summed E-state index contributed by atoms with van der Waals surface area (Å²) in [5.41, 5.74) is 0.811. The van der Waals surface area contributed by atoms with E-state index in [-0.39, 0.29) is 37.0 Å². The van der Waals surface area contributed by atoms with Crippen LogP contribution in [0.5, 0.6) is 0 Å². The first-order valence-electron chi connectivity index (χ1n) is 6.61. The molecule has 5 heteroatoms. The van der Waals surface area contributed by atoms with Crippen LogP contribution in [0.2, 0.25) is 0 Å². The molecule has 4 nitrogen and oxygen atoms in total. The fourth-order valence-electron chi connectivity index (χ4n) is 1.86. The van der Waals surface area contributed by atoms with E-state index >= 15 is 0 Å². The maximum atomic E-state index is 13.0. The molecule has 0 aromatic heterocycles. The van der Waals surface area contributed by atoms with Crippen molar-refractivity contribution in [3.05, 3.63) is 35.6 Å². The molecule has 0 heterocycles. The van der Waals surface area contributed by atoms with Crippen molar-refractivity contribution < 1.29 is 18.7 Å². The number of rotatable bonds is 8. The van der Waals surface area contributed by atoms with Gasteiger partial charge < -0.3 is 4.74 Å². The Balaban J connectivity index is 2.33. The predicted octanol–water partition coefficient (Wildman–Crippen LogP) is 2.17. The third kappa shape index (κ3) is 6.43. The van der Waals surface area contributed by atoms with E-state index in [1.807, 2.05) is 6.07 Å². The van der Waals surface area contributed by atoms with Gasteiger partial charge in [-0.2, -0.15) is 0 Å². The molecule has 0 N–H and O–H groups in total. The van der Waals surface area contributed by atoms with Crippen molar-refractivity contribution in [2.75, 3.05) is 20.2 Å². The lowest BCUT2D eigenvalue weighted by Gasteiger charge is -2.15. The highest BCUT2D eigenvalue weighted by Gasteiger charge is 2.10. The number of carbonyl (C=O) groups excluding carboxylic acids is 2. The second-order valence-electron chi connectivity index (χ2n) is 4.65. The van der Waals surface area contributed by atoms with E-state index in [4.69, 9.17) is 4.74 Å². The van der Waals surface area contributed by atoms with Gasteiger partial charge in [0, 0.05) is 13.0 Å². The van der Waals surface area contributed by atoms with E-state index in [2.05, 4.69) is 0 Å². The van der Waals surface area contributed by atoms with Crippen LogP contribution in [-0.2, 0) is 20.9 Å². The number of hydrogen-bond donors (Lipinski definition) is 0. The Morgan fingerprint density at radius 2 is 2.05 bits per heavy atom. The van der Waals surface area contributed by atoms with Gasteiger partial charge in [-0.05, 0) is 31.7 Å². The van der Waals surface area contributed by atoms with Crippen molar-refractivity contribution in [1.29, 1.82) is 0 Å². The second-order valence-corrected chi connectivity index (χ2v) is 4.65. The lowest BCUT2D eigenvalue weighted by molar-refractivity contribution is -0.144. The van der Waals surface area contributed by atoms with Crippen LogP contribution in [0, 0.1) is 5.82 Å². The minimum atomic E-state index is -0.353. The van der Waals surface area contributed by atoms with E-state index in [0.29, 0.717) is 13.2 Å². The fraction of sp³-hybridized carbons (Fsp3) is 0.467. The zero-order valence-corrected chi connectivity index (χ0v) is 11.9. The lowest BCUT2D eigenvalue weighted by Crippen LogP contribution is -2.26. The van der Waals surface area contributed by atoms with Gasteiger partial charge >= 0.3 is 5.97 Å². The van der Waals surface area contributed by atoms with Crippen molar-refractivity contribution >= 4 is 11.8 Å². The summed E-state index contributed by atoms with van der Waals surface area (Å²) in [6, 6.07) is 6.28. The molecule has 1 aromatic rings. The van der Waals surface area contributed by atoms with Gasteiger partial charge in [0.25, 0.3) is 0 Å². The molecule has 0 aliphatic heterocycles. The monoisotopic (exact) mass is 281 g/mol. The van der Waals surface area contributed by atoms with Crippen molar-refractivity contribution in [3.63, 3.8) is 0 Å². The molecule has 0 bridgehead atoms. The standard InChI is InChI=1S/C15H20FNO3/c1-3-20-15(19)8-7-14(18)11-17(2)10-12-5-4-6-13(16)9-12/h4-6,9H,3,7-8,10-11H2,1-2H3. The quantitative estimate of drug-likeness (QED) is 0.685. The largest absolute Gasteiger partial charge is 0.466 e. The summed E-state index contributed by atoms with van der Waals surface area (Å²) in [6.07, 6.45) is 0.285. The van der Waals surface area contributed by atoms with Crippen molar-refractivity contribution in [3.8, 4) is 0 Å². The maximum absolute atomic E-state index is 13.0. The minimum absolute atomic E-state index is 0.0306. The van der Waals surface area contributed by atoms with Crippen LogP contribution in [0.1, 0.15) is 25.3 Å². The molecule has 0 unspecified atom stereocenters. The Morgan fingerprint density at radius 1 is 1.30 bits per heavy atom. The zero-order valence-electron chi connectivity index (χ0n) is 11.9. The molecular formula is C15H20FNO3. The third-order valence-corrected chi connectivity index (χ3v) is 2.70. The Morgan fingerprint density at radius 3 is 2.70 bits per heavy atom. The fourth-order valence-corrected chi connectivity index (χ4v) is 1.86. The molecule has 0 spiro atoms. The zero-order chi connectivity index (χ0) is 15.0. The summed E-state index contributed by atoms with van der Waals surface area (Å²) in [4.78, 5) is 24.6. The lowest BCUT2D eigenvalue weighted by atomic mass is 10.2. The number of Topliss-reactive ketones (excluding diaryl/α,β-unsaturated/α-hetero) is 1. The first kappa shape index (κ1) is 16.3. The summed E-state index contributed by atoms with van der Waals surface area (Å²) < 4.78 is 17.8. The van der Waals surface area contributed by atoms with Crippen LogP contribution in [-0.4, -0.2) is 36.9 Å². The molecule has 0 saturated heterocycles. The number of ketones is 1. The van der Waals surface area contributed by atoms with Crippen molar-refractivity contribution in [2.24, 2.45) is 0 Å². The molecule has 0 radical (unpaired) electrons. The van der Waals surface area contributed by atoms with Crippen molar-refractivity contribution in [2.45, 2.75) is 26.3 Å². The highest BCUT2D eigenvalue weighted by atomic mass is 19.1. The number of carbonyl (C=O) groups is 2. The average Bonchev–Trinajstić information content (AvgIpc) is 2.36. The Labute approximate surface area is 118 Å². The van der Waals surface area contributed by atoms with Gasteiger partial charge in [0.2, 0.25) is 0 Å². The molecule has 1 aromatic carbocycles. The van der Waals surface area contributed by atoms with Gasteiger partial charge in [-0.25, -0.2) is 4.39 Å². The van der Waals surface area contributed by atoms with Gasteiger partial charge in [-0.1, -0.05) is 12.1 Å². The van der Waals surface area contributed by atoms with E-state index in [1.165, 1.54) is 12.1 Å². The first-order chi connectivity index (χ1) is 9.51. The summed E-state index contributed by atoms with van der Waals surface area (Å²) >= 11 is 0. The molecular weight excluding hydrogens is 261 g/mol. The molecule has 0 aliphatic carbocycles. The molecule has 0 aliphatic rings. The van der Waals surface area contributed by atoms with E-state index in [0.717, 1.165) is 5.56 Å². The number of nitrogens with zero attached hydrogens (tertiary/aromatic N) is 1. The smallest absolute Gasteiger partial charge is 0.306 e. The number of ether oxygens (including phenoxy) is 1. The Bertz CT molecular complexity index is 462. The molecule has 0 fully saturated rings. The number of benzene rings is 1. The molecule has 110 valence electrons. The maximum Gasteiger partial charge on any atom is 0.306 e. The minimum Gasteiger partial charge on any atom is -0.466 e. The van der Waals surface area contributed by atoms with Crippen LogP contribution < -0.4 is 0 Å². The first-order valence-corrected chi connectivity index (χ1v) is 6.61. The van der Waals surface area contributed by atoms with Gasteiger partial charge in [-0.3, -0.25) is 14.5 Å². The Kier molecular flexibility index (Phi) is 6.87. The summed E-state index contributed by atoms with van der Waals surface area (Å²) in [5.74, 6) is -0.671. The van der Waals surface area contributed by atoms with Crippen LogP contribution in [0.4, 0.5) is 4.39 Å². The van der Waals surface area contributed by atoms with Gasteiger partial charge in [0.05, 0.1) is 19.6 Å². The molecule has 1 rings (SSSR count). The summed E-state index contributed by atoms with van der Waals surface area (Å²) in [6.45, 7) is 2.78. The highest BCUT2D eigenvalue weighted by Crippen LogP contribution is 2.06. The number of halogens is 1. The average molecular weight is 281 g/mol. The van der Waals surface area contributed by atoms with Crippen LogP contribution in [0.25, 0.3) is 0 Å². The highest BCUT2D eigenvalue weighted by molar-refractivity contribution is 5.84. The topological polar surface area (TPSA) is 46.6 Å². The van der Waals surface area contributed by atoms with Gasteiger partial charge in [-0.15, -0.1) is 0 Å². The molecule has 0 atom stereocenters. The van der Waals surface area contributed by atoms with Crippen LogP contribution >= 0.6 is 0 Å². The molecule has 20 heavy (non-hydrogen) atoms. The Hall–Kier alpha value is -1.75. The van der Waals surface area contributed by atoms with Crippen LogP contribution in [0.3, 0.4) is 0 Å². The third-order valence-electron chi connectivity index (χ3n) is 2.70. The number of esters is 1.